The van der Waals surface area contributed by atoms with Crippen molar-refractivity contribution >= 4 is 33.2 Å². The van der Waals surface area contributed by atoms with E-state index in [0.717, 1.165) is 47.1 Å². The second-order valence-corrected chi connectivity index (χ2v) is 5.35. The highest BCUT2D eigenvalue weighted by molar-refractivity contribution is 7.20. The van der Waals surface area contributed by atoms with Crippen molar-refractivity contribution < 1.29 is 4.79 Å². The monoisotopic (exact) mass is 262 g/mol. The Morgan fingerprint density at radius 3 is 2.89 bits per heavy atom. The van der Waals surface area contributed by atoms with Gasteiger partial charge in [0.2, 0.25) is 0 Å². The zero-order valence-corrected chi connectivity index (χ0v) is 11.0. The average molecular weight is 262 g/mol. The van der Waals surface area contributed by atoms with E-state index in [4.69, 9.17) is 0 Å². The van der Waals surface area contributed by atoms with E-state index in [2.05, 4.69) is 20.2 Å². The van der Waals surface area contributed by atoms with Crippen LogP contribution in [0.15, 0.2) is 12.4 Å². The van der Waals surface area contributed by atoms with Crippen LogP contribution in [-0.4, -0.2) is 41.9 Å². The molecule has 2 aromatic heterocycles. The molecule has 0 bridgehead atoms. The molecule has 0 aliphatic carbocycles. The molecule has 1 fully saturated rings. The molecular formula is C12H14N4OS. The molecule has 6 heteroatoms. The molecule has 1 aliphatic rings. The summed E-state index contributed by atoms with van der Waals surface area (Å²) < 4.78 is 0. The van der Waals surface area contributed by atoms with Gasteiger partial charge in [-0.3, -0.25) is 4.79 Å². The Balaban J connectivity index is 2.07. The van der Waals surface area contributed by atoms with Gasteiger partial charge in [-0.2, -0.15) is 0 Å². The van der Waals surface area contributed by atoms with Crippen LogP contribution < -0.4 is 10.2 Å². The maximum Gasteiger partial charge on any atom is 0.169 e. The van der Waals surface area contributed by atoms with Crippen molar-refractivity contribution in [3.63, 3.8) is 0 Å². The first-order chi connectivity index (χ1) is 8.75. The second kappa shape index (κ2) is 4.62. The quantitative estimate of drug-likeness (QED) is 0.827. The van der Waals surface area contributed by atoms with Crippen molar-refractivity contribution in [2.75, 3.05) is 31.1 Å². The van der Waals surface area contributed by atoms with Crippen molar-refractivity contribution in [1.29, 1.82) is 0 Å². The first-order valence-corrected chi connectivity index (χ1v) is 6.78. The van der Waals surface area contributed by atoms with E-state index in [1.807, 2.05) is 6.07 Å². The standard InChI is InChI=1S/C12H14N4OS/c1-8(17)10-6-9-11(14-7-15-12(9)18-10)16-4-2-13-3-5-16/h6-7,13H,2-5H2,1H3. The van der Waals surface area contributed by atoms with Gasteiger partial charge < -0.3 is 10.2 Å². The number of anilines is 1. The number of thiophene rings is 1. The predicted octanol–water partition coefficient (Wildman–Crippen LogP) is 1.30. The maximum absolute atomic E-state index is 11.4. The van der Waals surface area contributed by atoms with E-state index >= 15 is 0 Å². The number of rotatable bonds is 2. The molecule has 0 saturated carbocycles. The molecular weight excluding hydrogens is 248 g/mol. The highest BCUT2D eigenvalue weighted by Crippen LogP contribution is 2.30. The van der Waals surface area contributed by atoms with Crippen molar-refractivity contribution in [2.45, 2.75) is 6.92 Å². The van der Waals surface area contributed by atoms with E-state index < -0.39 is 0 Å². The Morgan fingerprint density at radius 2 is 2.17 bits per heavy atom. The third-order valence-corrected chi connectivity index (χ3v) is 4.22. The lowest BCUT2D eigenvalue weighted by Crippen LogP contribution is -2.43. The molecule has 3 heterocycles. The number of Topliss-reactive ketones (excluding diaryl/α,β-unsaturated/α-hetero) is 1. The third kappa shape index (κ3) is 1.97. The highest BCUT2D eigenvalue weighted by Gasteiger charge is 2.17. The molecule has 0 unspecified atom stereocenters. The van der Waals surface area contributed by atoms with Crippen LogP contribution in [0.1, 0.15) is 16.6 Å². The van der Waals surface area contributed by atoms with Gasteiger partial charge in [-0.15, -0.1) is 11.3 Å². The van der Waals surface area contributed by atoms with Crippen LogP contribution in [0.3, 0.4) is 0 Å². The first kappa shape index (κ1) is 11.6. The lowest BCUT2D eigenvalue weighted by atomic mass is 10.2. The maximum atomic E-state index is 11.4. The number of ketones is 1. The van der Waals surface area contributed by atoms with E-state index in [9.17, 15) is 4.79 Å². The smallest absolute Gasteiger partial charge is 0.169 e. The minimum absolute atomic E-state index is 0.0873. The molecule has 0 spiro atoms. The number of hydrogen-bond acceptors (Lipinski definition) is 6. The fourth-order valence-corrected chi connectivity index (χ4v) is 3.03. The summed E-state index contributed by atoms with van der Waals surface area (Å²) in [4.78, 5) is 24.0. The number of fused-ring (bicyclic) bond motifs is 1. The fourth-order valence-electron chi connectivity index (χ4n) is 2.15. The molecule has 18 heavy (non-hydrogen) atoms. The van der Waals surface area contributed by atoms with Crippen LogP contribution in [0.2, 0.25) is 0 Å². The fraction of sp³-hybridized carbons (Fsp3) is 0.417. The minimum atomic E-state index is 0.0873. The second-order valence-electron chi connectivity index (χ2n) is 4.32. The topological polar surface area (TPSA) is 58.1 Å². The summed E-state index contributed by atoms with van der Waals surface area (Å²) >= 11 is 1.44. The van der Waals surface area contributed by atoms with Crippen molar-refractivity contribution in [2.24, 2.45) is 0 Å². The number of hydrogen-bond donors (Lipinski definition) is 1. The number of nitrogens with zero attached hydrogens (tertiary/aromatic N) is 3. The Bertz CT molecular complexity index is 589. The minimum Gasteiger partial charge on any atom is -0.353 e. The van der Waals surface area contributed by atoms with Crippen molar-refractivity contribution in [3.05, 3.63) is 17.3 Å². The predicted molar refractivity (Wildman–Crippen MR) is 72.5 cm³/mol. The number of carbonyl (C=O) groups is 1. The summed E-state index contributed by atoms with van der Waals surface area (Å²) in [7, 11) is 0. The number of carbonyl (C=O) groups excluding carboxylic acids is 1. The zero-order valence-electron chi connectivity index (χ0n) is 10.1. The van der Waals surface area contributed by atoms with E-state index in [-0.39, 0.29) is 5.78 Å². The molecule has 0 radical (unpaired) electrons. The van der Waals surface area contributed by atoms with Crippen LogP contribution in [0.25, 0.3) is 10.2 Å². The van der Waals surface area contributed by atoms with Gasteiger partial charge in [0.25, 0.3) is 0 Å². The van der Waals surface area contributed by atoms with Crippen LogP contribution in [0.4, 0.5) is 5.82 Å². The largest absolute Gasteiger partial charge is 0.353 e. The van der Waals surface area contributed by atoms with Crippen molar-refractivity contribution in [1.82, 2.24) is 15.3 Å². The third-order valence-electron chi connectivity index (χ3n) is 3.07. The normalized spacial score (nSPS) is 16.2. The van der Waals surface area contributed by atoms with Gasteiger partial charge in [0.1, 0.15) is 17.0 Å². The van der Waals surface area contributed by atoms with E-state index in [1.54, 1.807) is 13.3 Å². The van der Waals surface area contributed by atoms with Crippen LogP contribution in [0.5, 0.6) is 0 Å². The molecule has 0 aromatic carbocycles. The molecule has 94 valence electrons. The van der Waals surface area contributed by atoms with Crippen LogP contribution in [0, 0.1) is 0 Å². The Kier molecular flexibility index (Phi) is 2.97. The molecule has 1 N–H and O–H groups in total. The van der Waals surface area contributed by atoms with E-state index in [1.165, 1.54) is 11.3 Å². The summed E-state index contributed by atoms with van der Waals surface area (Å²) in [6.07, 6.45) is 1.58. The van der Waals surface area contributed by atoms with Gasteiger partial charge in [0.15, 0.2) is 5.78 Å². The summed E-state index contributed by atoms with van der Waals surface area (Å²) in [6, 6.07) is 1.92. The number of piperazine rings is 1. The lowest BCUT2D eigenvalue weighted by Gasteiger charge is -2.28. The van der Waals surface area contributed by atoms with Gasteiger partial charge >= 0.3 is 0 Å². The van der Waals surface area contributed by atoms with Gasteiger partial charge in [0, 0.05) is 26.2 Å². The lowest BCUT2D eigenvalue weighted by molar-refractivity contribution is 0.102. The molecule has 5 nitrogen and oxygen atoms in total. The van der Waals surface area contributed by atoms with Crippen LogP contribution >= 0.6 is 11.3 Å². The van der Waals surface area contributed by atoms with Gasteiger partial charge in [-0.05, 0) is 13.0 Å². The van der Waals surface area contributed by atoms with Gasteiger partial charge in [-0.1, -0.05) is 0 Å². The Hall–Kier alpha value is -1.53. The first-order valence-electron chi connectivity index (χ1n) is 5.97. The highest BCUT2D eigenvalue weighted by atomic mass is 32.1. The SMILES string of the molecule is CC(=O)c1cc2c(N3CCNCC3)ncnc2s1. The van der Waals surface area contributed by atoms with Crippen LogP contribution in [-0.2, 0) is 0 Å². The summed E-state index contributed by atoms with van der Waals surface area (Å²) in [5.41, 5.74) is 0. The molecule has 0 amide bonds. The molecule has 0 atom stereocenters. The van der Waals surface area contributed by atoms with Gasteiger partial charge in [0.05, 0.1) is 10.3 Å². The van der Waals surface area contributed by atoms with E-state index in [0.29, 0.717) is 0 Å². The number of nitrogens with one attached hydrogen (secondary N) is 1. The summed E-state index contributed by atoms with van der Waals surface area (Å²) in [5.74, 6) is 1.04. The molecule has 1 aliphatic heterocycles. The molecule has 1 saturated heterocycles. The summed E-state index contributed by atoms with van der Waals surface area (Å²) in [5, 5.41) is 4.31. The zero-order chi connectivity index (χ0) is 12.5. The Morgan fingerprint density at radius 1 is 1.39 bits per heavy atom. The molecule has 2 aromatic rings. The van der Waals surface area contributed by atoms with Gasteiger partial charge in [-0.25, -0.2) is 9.97 Å². The summed E-state index contributed by atoms with van der Waals surface area (Å²) in [6.45, 7) is 5.40. The average Bonchev–Trinajstić information content (AvgIpc) is 2.83. The number of aromatic nitrogens is 2. The molecule has 3 rings (SSSR count). The Labute approximate surface area is 109 Å². The van der Waals surface area contributed by atoms with Crippen molar-refractivity contribution in [3.8, 4) is 0 Å².